The van der Waals surface area contributed by atoms with Crippen molar-refractivity contribution >= 4 is 14.0 Å². The van der Waals surface area contributed by atoms with Crippen LogP contribution in [0, 0.1) is 0 Å². The van der Waals surface area contributed by atoms with E-state index in [1.165, 1.54) is 0 Å². The average molecular weight is 169 g/mol. The first kappa shape index (κ1) is 8.52. The van der Waals surface area contributed by atoms with Crippen LogP contribution < -0.4 is 5.32 Å². The second-order valence-electron chi connectivity index (χ2n) is 4.02. The van der Waals surface area contributed by atoms with Gasteiger partial charge in [0.2, 0.25) is 5.91 Å². The van der Waals surface area contributed by atoms with E-state index in [1.807, 2.05) is 13.0 Å². The van der Waals surface area contributed by atoms with Gasteiger partial charge in [-0.15, -0.1) is 0 Å². The van der Waals surface area contributed by atoms with Crippen LogP contribution in [-0.2, 0) is 4.79 Å². The maximum Gasteiger partial charge on any atom is 0.248 e. The molecule has 0 bridgehead atoms. The topological polar surface area (TPSA) is 29.1 Å². The fraction of sp³-hybridized carbons (Fsp3) is 0.625. The lowest BCUT2D eigenvalue weighted by molar-refractivity contribution is -0.121. The summed E-state index contributed by atoms with van der Waals surface area (Å²) >= 11 is 0. The van der Waals surface area contributed by atoms with Crippen LogP contribution in [0.15, 0.2) is 11.6 Å². The largest absolute Gasteiger partial charge is 0.348 e. The van der Waals surface area contributed by atoms with Gasteiger partial charge in [-0.05, 0) is 6.92 Å². The number of β-lactam (4-membered cyclic amide) rings is 1. The van der Waals surface area contributed by atoms with E-state index in [0.717, 1.165) is 5.57 Å². The zero-order valence-corrected chi connectivity index (χ0v) is 8.56. The highest BCUT2D eigenvalue weighted by Gasteiger charge is 2.41. The Morgan fingerprint density at radius 2 is 2.00 bits per heavy atom. The summed E-state index contributed by atoms with van der Waals surface area (Å²) in [6, 6.07) is 0. The molecule has 1 rings (SSSR count). The Balaban J connectivity index is 2.74. The molecule has 0 aromatic heterocycles. The fourth-order valence-electron chi connectivity index (χ4n) is 1.33. The monoisotopic (exact) mass is 169 g/mol. The van der Waals surface area contributed by atoms with Crippen LogP contribution in [0.5, 0.6) is 0 Å². The van der Waals surface area contributed by atoms with Crippen molar-refractivity contribution in [2.45, 2.75) is 32.2 Å². The molecule has 1 aliphatic heterocycles. The molecule has 0 spiro atoms. The zero-order valence-electron chi connectivity index (χ0n) is 7.56. The fourth-order valence-corrected chi connectivity index (χ4v) is 3.12. The quantitative estimate of drug-likeness (QED) is 0.358. The molecular formula is C8H15NOSi. The third-order valence-electron chi connectivity index (χ3n) is 2.03. The van der Waals surface area contributed by atoms with Gasteiger partial charge in [0.25, 0.3) is 0 Å². The summed E-state index contributed by atoms with van der Waals surface area (Å²) in [7, 11) is -1.20. The number of rotatable bonds is 1. The number of carbonyl (C=O) groups excluding carboxylic acids is 1. The maximum atomic E-state index is 11.0. The number of amides is 1. The SMILES string of the molecule is C/C=C1/C(=O)NC1[Si](C)(C)C. The Kier molecular flexibility index (Phi) is 1.92. The van der Waals surface area contributed by atoms with E-state index in [2.05, 4.69) is 25.0 Å². The second-order valence-corrected chi connectivity index (χ2v) is 9.33. The van der Waals surface area contributed by atoms with Gasteiger partial charge in [-0.1, -0.05) is 25.7 Å². The van der Waals surface area contributed by atoms with Gasteiger partial charge >= 0.3 is 0 Å². The molecule has 1 atom stereocenters. The molecule has 0 aromatic carbocycles. The van der Waals surface area contributed by atoms with E-state index in [1.54, 1.807) is 0 Å². The lowest BCUT2D eigenvalue weighted by atomic mass is 10.1. The van der Waals surface area contributed by atoms with E-state index in [-0.39, 0.29) is 5.91 Å². The molecule has 1 N–H and O–H groups in total. The van der Waals surface area contributed by atoms with E-state index in [4.69, 9.17) is 0 Å². The first-order valence-corrected chi connectivity index (χ1v) is 7.51. The van der Waals surface area contributed by atoms with E-state index in [9.17, 15) is 4.79 Å². The maximum absolute atomic E-state index is 11.0. The molecule has 1 saturated heterocycles. The van der Waals surface area contributed by atoms with Gasteiger partial charge in [-0.25, -0.2) is 0 Å². The predicted octanol–water partition coefficient (Wildman–Crippen LogP) is 1.31. The minimum Gasteiger partial charge on any atom is -0.348 e. The van der Waals surface area contributed by atoms with E-state index in [0.29, 0.717) is 5.67 Å². The molecule has 0 aliphatic carbocycles. The standard InChI is InChI=1S/C8H15NOSi/c1-5-6-7(10)9-8(6)11(2,3)4/h5,8H,1-4H3,(H,9,10)/b6-5-. The molecule has 1 fully saturated rings. The van der Waals surface area contributed by atoms with Crippen LogP contribution in [0.25, 0.3) is 0 Å². The molecule has 1 unspecified atom stereocenters. The van der Waals surface area contributed by atoms with Gasteiger partial charge < -0.3 is 5.32 Å². The number of allylic oxidation sites excluding steroid dienone is 1. The van der Waals surface area contributed by atoms with Crippen molar-refractivity contribution < 1.29 is 4.79 Å². The molecule has 1 aliphatic rings. The lowest BCUT2D eigenvalue weighted by Gasteiger charge is -2.39. The summed E-state index contributed by atoms with van der Waals surface area (Å²) in [6.45, 7) is 8.73. The highest BCUT2D eigenvalue weighted by molar-refractivity contribution is 6.79. The van der Waals surface area contributed by atoms with Crippen molar-refractivity contribution in [2.24, 2.45) is 0 Å². The van der Waals surface area contributed by atoms with Crippen molar-refractivity contribution in [3.05, 3.63) is 11.6 Å². The van der Waals surface area contributed by atoms with Crippen LogP contribution in [0.3, 0.4) is 0 Å². The predicted molar refractivity (Wildman–Crippen MR) is 49.0 cm³/mol. The molecule has 0 saturated carbocycles. The van der Waals surface area contributed by atoms with Crippen LogP contribution in [0.4, 0.5) is 0 Å². The second kappa shape index (κ2) is 2.48. The summed E-state index contributed by atoms with van der Waals surface area (Å²) in [5.74, 6) is 0.125. The molecule has 3 heteroatoms. The van der Waals surface area contributed by atoms with Crippen LogP contribution >= 0.6 is 0 Å². The lowest BCUT2D eigenvalue weighted by Crippen LogP contribution is -2.62. The van der Waals surface area contributed by atoms with Gasteiger partial charge in [0, 0.05) is 5.57 Å². The Labute approximate surface area is 68.7 Å². The van der Waals surface area contributed by atoms with Crippen LogP contribution in [0.2, 0.25) is 19.6 Å². The first-order valence-electron chi connectivity index (χ1n) is 3.94. The van der Waals surface area contributed by atoms with Gasteiger partial charge in [-0.3, -0.25) is 4.79 Å². The molecule has 2 nitrogen and oxygen atoms in total. The normalized spacial score (nSPS) is 28.2. The van der Waals surface area contributed by atoms with Crippen molar-refractivity contribution in [3.8, 4) is 0 Å². The summed E-state index contributed by atoms with van der Waals surface area (Å²) in [5.41, 5.74) is 1.38. The summed E-state index contributed by atoms with van der Waals surface area (Å²) in [6.07, 6.45) is 1.93. The van der Waals surface area contributed by atoms with Crippen molar-refractivity contribution in [1.82, 2.24) is 5.32 Å². The highest BCUT2D eigenvalue weighted by Crippen LogP contribution is 2.23. The smallest absolute Gasteiger partial charge is 0.248 e. The van der Waals surface area contributed by atoms with Gasteiger partial charge in [0.1, 0.15) is 0 Å². The first-order chi connectivity index (χ1) is 4.96. The molecule has 0 aromatic rings. The van der Waals surface area contributed by atoms with Crippen molar-refractivity contribution in [3.63, 3.8) is 0 Å². The van der Waals surface area contributed by atoms with E-state index >= 15 is 0 Å². The Morgan fingerprint density at radius 3 is 2.18 bits per heavy atom. The van der Waals surface area contributed by atoms with Crippen LogP contribution in [-0.4, -0.2) is 19.6 Å². The van der Waals surface area contributed by atoms with Crippen LogP contribution in [0.1, 0.15) is 6.92 Å². The Morgan fingerprint density at radius 1 is 1.45 bits per heavy atom. The minimum absolute atomic E-state index is 0.125. The molecule has 62 valence electrons. The van der Waals surface area contributed by atoms with Gasteiger partial charge in [0.05, 0.1) is 13.7 Å². The van der Waals surface area contributed by atoms with Gasteiger partial charge in [0.15, 0.2) is 0 Å². The molecule has 1 heterocycles. The number of hydrogen-bond donors (Lipinski definition) is 1. The molecule has 0 radical (unpaired) electrons. The van der Waals surface area contributed by atoms with Crippen molar-refractivity contribution in [2.75, 3.05) is 0 Å². The molecule has 1 amide bonds. The molecule has 11 heavy (non-hydrogen) atoms. The zero-order chi connectivity index (χ0) is 8.65. The highest BCUT2D eigenvalue weighted by atomic mass is 28.3. The average Bonchev–Trinajstić information content (AvgIpc) is 1.81. The molecular weight excluding hydrogens is 154 g/mol. The van der Waals surface area contributed by atoms with E-state index < -0.39 is 8.07 Å². The summed E-state index contributed by atoms with van der Waals surface area (Å²) in [5, 5.41) is 2.94. The number of hydrogen-bond acceptors (Lipinski definition) is 1. The minimum atomic E-state index is -1.20. The Hall–Kier alpha value is -0.573. The summed E-state index contributed by atoms with van der Waals surface area (Å²) in [4.78, 5) is 11.0. The number of carbonyl (C=O) groups is 1. The van der Waals surface area contributed by atoms with Gasteiger partial charge in [-0.2, -0.15) is 0 Å². The Bertz CT molecular complexity index is 215. The third-order valence-corrected chi connectivity index (χ3v) is 4.21. The summed E-state index contributed by atoms with van der Waals surface area (Å²) < 4.78 is 0. The third kappa shape index (κ3) is 1.38. The number of nitrogens with one attached hydrogen (secondary N) is 1. The van der Waals surface area contributed by atoms with Crippen molar-refractivity contribution in [1.29, 1.82) is 0 Å².